The minimum atomic E-state index is -1.06. The fourth-order valence-corrected chi connectivity index (χ4v) is 12.7. The minimum absolute atomic E-state index is 0. The summed E-state index contributed by atoms with van der Waals surface area (Å²) in [7, 11) is 3.19. The maximum Gasteiger partial charge on any atom is 0.410 e. The molecular weight excluding hydrogens is 1080 g/mol. The first kappa shape index (κ1) is 64.0. The third kappa shape index (κ3) is 19.4. The van der Waals surface area contributed by atoms with Gasteiger partial charge in [-0.3, -0.25) is 19.3 Å². The summed E-state index contributed by atoms with van der Waals surface area (Å²) in [6.45, 7) is 16.6. The van der Waals surface area contributed by atoms with Crippen LogP contribution in [0.15, 0.2) is 60.7 Å². The van der Waals surface area contributed by atoms with E-state index in [1.165, 1.54) is 82.9 Å². The largest absolute Gasteiger partial charge is 0.480 e. The fourth-order valence-electron chi connectivity index (χ4n) is 12.7. The molecule has 6 fully saturated rings. The van der Waals surface area contributed by atoms with Gasteiger partial charge in [0.2, 0.25) is 17.7 Å². The predicted octanol–water partition coefficient (Wildman–Crippen LogP) is 8.61. The standard InChI is InChI=1S/C28H44N4O2.C24H37N3O.C9H17NO4.HI/c1-21(29-2)27(33)30-26(24-12-7-4-8-13-24)28(34)32-19-16-23-14-9-17-31(20-25(23)32)18-15-22-10-5-3-6-11-22;25-23(21-10-5-2-6-11-21)24(28)27-17-14-20-12-7-15-26(18-22(20)27)16-13-19-8-3-1-4-9-19;1-6(7(11)12)10(5)8(13)14-9(2,3)4;/h3,5-6,10-11,21,23-26,29H,4,7-9,12-20H2,1-2H3,(H,30,33);1,3-4,8-9,20-23H,2,5-7,10-18,25H2;6H,1-5H3,(H,11,12);1H/t21-,23+,25+,26-;20-,22-,23+;6-;/m011./s1. The lowest BCUT2D eigenvalue weighted by Crippen LogP contribution is -2.57. The summed E-state index contributed by atoms with van der Waals surface area (Å²) in [6.07, 6.45) is 20.4. The third-order valence-electron chi connectivity index (χ3n) is 17.6. The van der Waals surface area contributed by atoms with Gasteiger partial charge in [-0.25, -0.2) is 9.59 Å². The number of nitrogens with zero attached hydrogens (tertiary/aromatic N) is 5. The molecule has 16 heteroatoms. The molecule has 2 aromatic carbocycles. The normalized spacial score (nSPS) is 24.0. The summed E-state index contributed by atoms with van der Waals surface area (Å²) in [5.41, 5.74) is 8.67. The highest BCUT2D eigenvalue weighted by Crippen LogP contribution is 2.36. The van der Waals surface area contributed by atoms with E-state index in [2.05, 4.69) is 90.9 Å². The second-order valence-electron chi connectivity index (χ2n) is 24.1. The predicted molar refractivity (Wildman–Crippen MR) is 317 cm³/mol. The van der Waals surface area contributed by atoms with E-state index in [4.69, 9.17) is 15.6 Å². The van der Waals surface area contributed by atoms with E-state index in [-0.39, 0.29) is 71.8 Å². The van der Waals surface area contributed by atoms with E-state index in [1.54, 1.807) is 27.8 Å². The van der Waals surface area contributed by atoms with Gasteiger partial charge in [0.1, 0.15) is 17.7 Å². The summed E-state index contributed by atoms with van der Waals surface area (Å²) < 4.78 is 4.99. The van der Waals surface area contributed by atoms with E-state index in [1.807, 2.05) is 6.92 Å². The molecule has 5 N–H and O–H groups in total. The number of fused-ring (bicyclic) bond motifs is 2. The number of hydrogen-bond donors (Lipinski definition) is 4. The molecule has 2 aliphatic carbocycles. The molecule has 77 heavy (non-hydrogen) atoms. The van der Waals surface area contributed by atoms with Crippen LogP contribution in [0.3, 0.4) is 0 Å². The number of carbonyl (C=O) groups excluding carboxylic acids is 4. The monoisotopic (exact) mass is 1180 g/mol. The summed E-state index contributed by atoms with van der Waals surface area (Å²) in [6, 6.07) is 20.3. The first-order valence-corrected chi connectivity index (χ1v) is 29.5. The summed E-state index contributed by atoms with van der Waals surface area (Å²) in [5.74, 6) is 1.21. The van der Waals surface area contributed by atoms with Crippen LogP contribution in [0.2, 0.25) is 0 Å². The van der Waals surface area contributed by atoms with Crippen molar-refractivity contribution >= 4 is 53.8 Å². The molecule has 2 aromatic rings. The molecule has 2 saturated carbocycles. The average Bonchev–Trinajstić information content (AvgIpc) is 3.89. The van der Waals surface area contributed by atoms with E-state index < -0.39 is 23.7 Å². The maximum absolute atomic E-state index is 14.0. The number of amides is 4. The molecule has 0 unspecified atom stereocenters. The number of hydrogen-bond acceptors (Lipinski definition) is 10. The number of aliphatic carboxylic acids is 1. The van der Waals surface area contributed by atoms with Crippen LogP contribution in [0.5, 0.6) is 0 Å². The van der Waals surface area contributed by atoms with Crippen LogP contribution in [-0.2, 0) is 36.8 Å². The summed E-state index contributed by atoms with van der Waals surface area (Å²) in [4.78, 5) is 72.6. The Morgan fingerprint density at radius 1 is 0.662 bits per heavy atom. The van der Waals surface area contributed by atoms with Gasteiger partial charge in [0.05, 0.1) is 12.1 Å². The van der Waals surface area contributed by atoms with Crippen molar-refractivity contribution < 1.29 is 33.8 Å². The first-order valence-electron chi connectivity index (χ1n) is 29.5. The number of likely N-dealkylation sites (N-methyl/N-ethyl adjacent to an activating group) is 2. The van der Waals surface area contributed by atoms with Gasteiger partial charge in [0.25, 0.3) is 0 Å². The second kappa shape index (κ2) is 31.8. The molecule has 8 atom stereocenters. The van der Waals surface area contributed by atoms with Crippen LogP contribution < -0.4 is 16.4 Å². The minimum Gasteiger partial charge on any atom is -0.480 e. The van der Waals surface area contributed by atoms with Gasteiger partial charge in [-0.1, -0.05) is 99.2 Å². The number of ether oxygens (including phenoxy) is 1. The van der Waals surface area contributed by atoms with Crippen LogP contribution in [0.4, 0.5) is 4.79 Å². The van der Waals surface area contributed by atoms with Crippen LogP contribution >= 0.6 is 24.0 Å². The number of rotatable bonds is 15. The van der Waals surface area contributed by atoms with Crippen molar-refractivity contribution in [1.29, 1.82) is 0 Å². The Bertz CT molecular complexity index is 2100. The van der Waals surface area contributed by atoms with Crippen LogP contribution in [0, 0.1) is 23.7 Å². The second-order valence-corrected chi connectivity index (χ2v) is 24.1. The van der Waals surface area contributed by atoms with Crippen molar-refractivity contribution in [2.45, 2.75) is 192 Å². The number of carboxylic acid groups (broad SMARTS) is 1. The molecule has 0 radical (unpaired) electrons. The fraction of sp³-hybridized carbons (Fsp3) is 0.721. The van der Waals surface area contributed by atoms with Crippen molar-refractivity contribution in [2.24, 2.45) is 29.4 Å². The topological polar surface area (TPSA) is 181 Å². The number of carboxylic acids is 1. The van der Waals surface area contributed by atoms with Crippen molar-refractivity contribution in [2.75, 3.05) is 66.5 Å². The maximum atomic E-state index is 14.0. The smallest absolute Gasteiger partial charge is 0.410 e. The number of nitrogens with one attached hydrogen (secondary N) is 2. The molecule has 4 saturated heterocycles. The Kier molecular flexibility index (Phi) is 26.4. The zero-order valence-corrected chi connectivity index (χ0v) is 50.4. The molecule has 0 bridgehead atoms. The average molecular weight is 1180 g/mol. The Hall–Kier alpha value is -3.84. The Balaban J connectivity index is 0.000000229. The summed E-state index contributed by atoms with van der Waals surface area (Å²) >= 11 is 0. The van der Waals surface area contributed by atoms with Crippen molar-refractivity contribution in [3.8, 4) is 0 Å². The van der Waals surface area contributed by atoms with Gasteiger partial charge in [0.15, 0.2) is 0 Å². The highest BCUT2D eigenvalue weighted by Gasteiger charge is 2.44. The molecule has 8 rings (SSSR count). The van der Waals surface area contributed by atoms with Gasteiger partial charge in [-0.05, 0) is 167 Å². The molecule has 0 spiro atoms. The molecule has 4 heterocycles. The Morgan fingerprint density at radius 3 is 1.56 bits per heavy atom. The van der Waals surface area contributed by atoms with Crippen LogP contribution in [0.25, 0.3) is 0 Å². The van der Waals surface area contributed by atoms with E-state index >= 15 is 0 Å². The third-order valence-corrected chi connectivity index (χ3v) is 17.6. The molecule has 4 aliphatic heterocycles. The highest BCUT2D eigenvalue weighted by molar-refractivity contribution is 14.0. The molecule has 432 valence electrons. The van der Waals surface area contributed by atoms with E-state index in [9.17, 15) is 24.0 Å². The lowest BCUT2D eigenvalue weighted by Gasteiger charge is -2.37. The quantitative estimate of drug-likeness (QED) is 0.125. The summed E-state index contributed by atoms with van der Waals surface area (Å²) in [5, 5.41) is 14.9. The van der Waals surface area contributed by atoms with Crippen LogP contribution in [-0.4, -0.2) is 168 Å². The van der Waals surface area contributed by atoms with E-state index in [0.717, 1.165) is 115 Å². The number of carbonyl (C=O) groups is 5. The Labute approximate surface area is 479 Å². The van der Waals surface area contributed by atoms with Gasteiger partial charge >= 0.3 is 12.1 Å². The first-order chi connectivity index (χ1) is 36.4. The van der Waals surface area contributed by atoms with E-state index in [0.29, 0.717) is 23.8 Å². The lowest BCUT2D eigenvalue weighted by molar-refractivity contribution is -0.142. The SMILES string of the molecule is CN[C@@H](C)C(=O)N[C@H](C(=O)N1CC[C@H]2CCCN(CCc3ccccc3)C[C@H]21)C1CCCCC1.C[C@H](C(=O)O)N(C)C(=O)OC(C)(C)C.I.N[C@H](C(=O)N1CC[C@H]2CCCN(CCc3ccccc3)C[C@H]21)C1CCCCC1. The van der Waals surface area contributed by atoms with Crippen molar-refractivity contribution in [3.05, 3.63) is 71.8 Å². The Morgan fingerprint density at radius 2 is 1.12 bits per heavy atom. The van der Waals surface area contributed by atoms with Gasteiger partial charge in [-0.15, -0.1) is 24.0 Å². The molecule has 4 amide bonds. The molecule has 15 nitrogen and oxygen atoms in total. The highest BCUT2D eigenvalue weighted by atomic mass is 127. The van der Waals surface area contributed by atoms with Crippen molar-refractivity contribution in [3.63, 3.8) is 0 Å². The number of benzene rings is 2. The van der Waals surface area contributed by atoms with Gasteiger partial charge < -0.3 is 45.8 Å². The molecular formula is C61H99IN8O7. The van der Waals surface area contributed by atoms with Crippen molar-refractivity contribution in [1.82, 2.24) is 35.1 Å². The van der Waals surface area contributed by atoms with Crippen LogP contribution in [0.1, 0.15) is 148 Å². The zero-order chi connectivity index (χ0) is 54.8. The van der Waals surface area contributed by atoms with Gasteiger partial charge in [0, 0.05) is 58.4 Å². The number of halogens is 1. The lowest BCUT2D eigenvalue weighted by atomic mass is 9.83. The molecule has 6 aliphatic rings. The number of likely N-dealkylation sites (tertiary alicyclic amines) is 4. The van der Waals surface area contributed by atoms with Gasteiger partial charge in [-0.2, -0.15) is 0 Å². The molecule has 0 aromatic heterocycles. The number of nitrogens with two attached hydrogens (primary N) is 1. The zero-order valence-electron chi connectivity index (χ0n) is 48.1.